The Kier molecular flexibility index (Phi) is 7.58. The van der Waals surface area contributed by atoms with E-state index in [1.165, 1.54) is 11.8 Å². The van der Waals surface area contributed by atoms with E-state index in [-0.39, 0.29) is 10.6 Å². The van der Waals surface area contributed by atoms with E-state index in [0.717, 1.165) is 21.8 Å². The smallest absolute Gasteiger partial charge is 0.338 e. The molecule has 0 saturated carbocycles. The number of esters is 1. The molecule has 3 aromatic rings. The maximum absolute atomic E-state index is 13.5. The van der Waals surface area contributed by atoms with E-state index in [9.17, 15) is 14.4 Å². The number of halogens is 1. The molecule has 0 spiro atoms. The second kappa shape index (κ2) is 10.8. The van der Waals surface area contributed by atoms with Crippen molar-refractivity contribution in [2.24, 2.45) is 0 Å². The van der Waals surface area contributed by atoms with E-state index >= 15 is 0 Å². The predicted octanol–water partition coefficient (Wildman–Crippen LogP) is 6.20. The molecule has 178 valence electrons. The van der Waals surface area contributed by atoms with Crippen LogP contribution in [0.1, 0.15) is 29.3 Å². The molecular weight excluding hydrogens is 484 g/mol. The zero-order valence-electron chi connectivity index (χ0n) is 19.2. The topological polar surface area (TPSA) is 75.7 Å². The third kappa shape index (κ3) is 5.58. The van der Waals surface area contributed by atoms with Gasteiger partial charge in [0.2, 0.25) is 0 Å². The van der Waals surface area contributed by atoms with Crippen LogP contribution in [-0.2, 0) is 14.3 Å². The fraction of sp³-hybridized carbons (Fsp3) is 0.148. The molecule has 35 heavy (non-hydrogen) atoms. The normalized spacial score (nSPS) is 13.4. The summed E-state index contributed by atoms with van der Waals surface area (Å²) in [6.07, 6.45) is 0.719. The van der Waals surface area contributed by atoms with Crippen LogP contribution < -0.4 is 10.2 Å². The van der Waals surface area contributed by atoms with Crippen molar-refractivity contribution >= 4 is 52.5 Å². The Balaban J connectivity index is 1.65. The van der Waals surface area contributed by atoms with E-state index < -0.39 is 17.8 Å². The molecule has 1 N–H and O–H groups in total. The van der Waals surface area contributed by atoms with E-state index in [1.54, 1.807) is 48.5 Å². The highest BCUT2D eigenvalue weighted by Gasteiger charge is 2.40. The van der Waals surface area contributed by atoms with Gasteiger partial charge in [0, 0.05) is 15.6 Å². The van der Waals surface area contributed by atoms with E-state index in [1.807, 2.05) is 38.1 Å². The lowest BCUT2D eigenvalue weighted by molar-refractivity contribution is -0.120. The quantitative estimate of drug-likeness (QED) is 0.289. The van der Waals surface area contributed by atoms with Crippen molar-refractivity contribution < 1.29 is 19.1 Å². The number of ether oxygens (including phenoxy) is 1. The van der Waals surface area contributed by atoms with Gasteiger partial charge >= 0.3 is 5.97 Å². The van der Waals surface area contributed by atoms with Gasteiger partial charge in [0.05, 0.1) is 17.9 Å². The van der Waals surface area contributed by atoms with Crippen molar-refractivity contribution in [1.82, 2.24) is 0 Å². The van der Waals surface area contributed by atoms with Crippen LogP contribution in [0, 0.1) is 6.92 Å². The van der Waals surface area contributed by atoms with E-state index in [0.29, 0.717) is 28.6 Å². The van der Waals surface area contributed by atoms with Crippen molar-refractivity contribution in [1.29, 1.82) is 0 Å². The van der Waals surface area contributed by atoms with Crippen LogP contribution in [0.2, 0.25) is 5.02 Å². The number of imide groups is 1. The second-order valence-corrected chi connectivity index (χ2v) is 9.40. The largest absolute Gasteiger partial charge is 0.462 e. The number of carbonyl (C=O) groups excluding carboxylic acids is 3. The van der Waals surface area contributed by atoms with Gasteiger partial charge in [-0.15, -0.1) is 0 Å². The van der Waals surface area contributed by atoms with E-state index in [4.69, 9.17) is 16.3 Å². The first-order valence-electron chi connectivity index (χ1n) is 11.0. The number of amides is 2. The lowest BCUT2D eigenvalue weighted by atomic mass is 10.2. The molecule has 3 aromatic carbocycles. The van der Waals surface area contributed by atoms with Crippen molar-refractivity contribution in [2.45, 2.75) is 25.2 Å². The van der Waals surface area contributed by atoms with Gasteiger partial charge in [-0.2, -0.15) is 0 Å². The first-order valence-corrected chi connectivity index (χ1v) is 12.2. The molecule has 0 radical (unpaired) electrons. The van der Waals surface area contributed by atoms with Crippen molar-refractivity contribution in [3.63, 3.8) is 0 Å². The maximum atomic E-state index is 13.5. The van der Waals surface area contributed by atoms with Gasteiger partial charge in [-0.3, -0.25) is 9.59 Å². The van der Waals surface area contributed by atoms with Crippen LogP contribution in [0.3, 0.4) is 0 Å². The van der Waals surface area contributed by atoms with Crippen LogP contribution >= 0.6 is 23.4 Å². The van der Waals surface area contributed by atoms with Crippen LogP contribution in [0.25, 0.3) is 0 Å². The average Bonchev–Trinajstić information content (AvgIpc) is 3.09. The number of carbonyl (C=O) groups is 3. The summed E-state index contributed by atoms with van der Waals surface area (Å²) in [5.41, 5.74) is 2.67. The Hall–Kier alpha value is -3.55. The fourth-order valence-corrected chi connectivity index (χ4v) is 4.43. The summed E-state index contributed by atoms with van der Waals surface area (Å²) in [5, 5.41) is 3.71. The summed E-state index contributed by atoms with van der Waals surface area (Å²) >= 11 is 7.19. The molecule has 0 bridgehead atoms. The third-order valence-electron chi connectivity index (χ3n) is 5.19. The Morgan fingerprint density at radius 3 is 2.23 bits per heavy atom. The first kappa shape index (κ1) is 24.6. The molecule has 4 rings (SSSR count). The lowest BCUT2D eigenvalue weighted by Gasteiger charge is -2.16. The minimum absolute atomic E-state index is 0.185. The highest BCUT2D eigenvalue weighted by Crippen LogP contribution is 2.38. The number of thioether (sulfide) groups is 1. The Morgan fingerprint density at radius 2 is 1.60 bits per heavy atom. The minimum Gasteiger partial charge on any atom is -0.462 e. The molecule has 2 amide bonds. The van der Waals surface area contributed by atoms with Crippen molar-refractivity contribution in [2.75, 3.05) is 16.8 Å². The van der Waals surface area contributed by atoms with Crippen LogP contribution in [0.15, 0.2) is 88.3 Å². The molecule has 0 aliphatic carbocycles. The molecule has 0 aromatic heterocycles. The van der Waals surface area contributed by atoms with Gasteiger partial charge in [-0.05, 0) is 74.0 Å². The molecule has 0 unspecified atom stereocenters. The minimum atomic E-state index is -0.478. The molecule has 1 aliphatic heterocycles. The van der Waals surface area contributed by atoms with Gasteiger partial charge in [-0.25, -0.2) is 9.69 Å². The Bertz CT molecular complexity index is 1220. The van der Waals surface area contributed by atoms with E-state index in [2.05, 4.69) is 5.32 Å². The Morgan fingerprint density at radius 1 is 0.943 bits per heavy atom. The van der Waals surface area contributed by atoms with Gasteiger partial charge in [0.1, 0.15) is 10.6 Å². The van der Waals surface area contributed by atoms with Crippen molar-refractivity contribution in [3.8, 4) is 0 Å². The molecule has 1 aliphatic rings. The summed E-state index contributed by atoms with van der Waals surface area (Å²) in [6, 6.07) is 20.8. The molecule has 0 saturated heterocycles. The lowest BCUT2D eigenvalue weighted by Crippen LogP contribution is -2.32. The van der Waals surface area contributed by atoms with Crippen molar-refractivity contribution in [3.05, 3.63) is 99.5 Å². The zero-order chi connectivity index (χ0) is 24.9. The van der Waals surface area contributed by atoms with Gasteiger partial charge < -0.3 is 10.1 Å². The number of hydrogen-bond acceptors (Lipinski definition) is 6. The molecule has 6 nitrogen and oxygen atoms in total. The number of benzene rings is 3. The highest BCUT2D eigenvalue weighted by molar-refractivity contribution is 8.04. The molecule has 1 heterocycles. The number of nitrogens with one attached hydrogen (secondary N) is 1. The maximum Gasteiger partial charge on any atom is 0.338 e. The SMILES string of the molecule is CCCOC(=O)c1ccc(N2C(=O)C(Nc3ccc(C)cc3)=C(Sc3ccc(Cl)cc3)C2=O)cc1. The number of aryl methyl sites for hydroxylation is 1. The predicted molar refractivity (Wildman–Crippen MR) is 139 cm³/mol. The molecule has 0 atom stereocenters. The second-order valence-electron chi connectivity index (χ2n) is 7.88. The highest BCUT2D eigenvalue weighted by atomic mass is 35.5. The monoisotopic (exact) mass is 506 g/mol. The summed E-state index contributed by atoms with van der Waals surface area (Å²) in [4.78, 5) is 41.2. The van der Waals surface area contributed by atoms with Crippen LogP contribution in [-0.4, -0.2) is 24.4 Å². The molecular formula is C27H23ClN2O4S. The molecule has 8 heteroatoms. The van der Waals surface area contributed by atoms with Gasteiger partial charge in [-0.1, -0.05) is 48.0 Å². The fourth-order valence-electron chi connectivity index (χ4n) is 3.38. The molecule has 0 fully saturated rings. The number of anilines is 2. The zero-order valence-corrected chi connectivity index (χ0v) is 20.8. The number of hydrogen-bond donors (Lipinski definition) is 1. The number of rotatable bonds is 8. The van der Waals surface area contributed by atoms with Gasteiger partial charge in [0.25, 0.3) is 11.8 Å². The summed E-state index contributed by atoms with van der Waals surface area (Å²) < 4.78 is 5.15. The number of nitrogens with zero attached hydrogens (tertiary/aromatic N) is 1. The summed E-state index contributed by atoms with van der Waals surface area (Å²) in [7, 11) is 0. The third-order valence-corrected chi connectivity index (χ3v) is 6.54. The van der Waals surface area contributed by atoms with Crippen LogP contribution in [0.5, 0.6) is 0 Å². The summed E-state index contributed by atoms with van der Waals surface area (Å²) in [5.74, 6) is -1.38. The van der Waals surface area contributed by atoms with Crippen LogP contribution in [0.4, 0.5) is 11.4 Å². The first-order chi connectivity index (χ1) is 16.9. The summed E-state index contributed by atoms with van der Waals surface area (Å²) in [6.45, 7) is 4.21. The standard InChI is InChI=1S/C27H23ClN2O4S/c1-3-16-34-27(33)18-6-12-21(13-7-18)30-25(31)23(29-20-10-4-17(2)5-11-20)24(26(30)32)35-22-14-8-19(28)9-15-22/h4-15,29H,3,16H2,1-2H3. The van der Waals surface area contributed by atoms with Gasteiger partial charge in [0.15, 0.2) is 0 Å². The Labute approximate surface area is 212 Å². The average molecular weight is 507 g/mol.